The van der Waals surface area contributed by atoms with Crippen LogP contribution in [0.2, 0.25) is 5.02 Å². The molecule has 1 atom stereocenters. The zero-order valence-corrected chi connectivity index (χ0v) is 19.5. The number of benzene rings is 1. The van der Waals surface area contributed by atoms with E-state index in [1.165, 1.54) is 0 Å². The number of alkyl halides is 3. The molecule has 3 N–H and O–H groups in total. The smallest absolute Gasteiger partial charge is 0.475 e. The molecule has 0 spiro atoms. The van der Waals surface area contributed by atoms with Gasteiger partial charge in [-0.25, -0.2) is 9.59 Å². The Labute approximate surface area is 200 Å². The second-order valence-corrected chi connectivity index (χ2v) is 9.01. The van der Waals surface area contributed by atoms with Crippen LogP contribution in [0.4, 0.5) is 18.0 Å². The molecule has 0 saturated carbocycles. The molecule has 1 aromatic carbocycles. The Morgan fingerprint density at radius 3 is 2.32 bits per heavy atom. The molecule has 0 radical (unpaired) electrons. The summed E-state index contributed by atoms with van der Waals surface area (Å²) in [5.74, 6) is -2.69. The molecule has 8 nitrogen and oxygen atoms in total. The second-order valence-electron chi connectivity index (χ2n) is 8.58. The van der Waals surface area contributed by atoms with E-state index in [1.54, 1.807) is 17.0 Å². The van der Waals surface area contributed by atoms with E-state index in [2.05, 4.69) is 17.6 Å². The van der Waals surface area contributed by atoms with Crippen LogP contribution in [0.1, 0.15) is 38.2 Å². The zero-order chi connectivity index (χ0) is 25.4. The van der Waals surface area contributed by atoms with Crippen molar-refractivity contribution >= 4 is 29.6 Å². The van der Waals surface area contributed by atoms with Gasteiger partial charge < -0.3 is 25.4 Å². The van der Waals surface area contributed by atoms with Gasteiger partial charge in [-0.1, -0.05) is 23.7 Å². The lowest BCUT2D eigenvalue weighted by Crippen LogP contribution is -2.57. The fraction of sp³-hybridized carbons (Fsp3) is 0.591. The Bertz CT molecular complexity index is 837. The summed E-state index contributed by atoms with van der Waals surface area (Å²) in [5, 5.41) is 14.3. The van der Waals surface area contributed by atoms with Crippen LogP contribution in [-0.2, 0) is 20.9 Å². The molecule has 2 aliphatic rings. The molecular formula is C22H29ClF3N3O5. The number of halogens is 4. The summed E-state index contributed by atoms with van der Waals surface area (Å²) < 4.78 is 37.1. The highest BCUT2D eigenvalue weighted by Gasteiger charge is 2.38. The van der Waals surface area contributed by atoms with Gasteiger partial charge in [0.15, 0.2) is 0 Å². The van der Waals surface area contributed by atoms with Crippen molar-refractivity contribution in [3.8, 4) is 0 Å². The number of carboxylic acid groups (broad SMARTS) is 1. The average molecular weight is 508 g/mol. The third kappa shape index (κ3) is 9.02. The maximum atomic E-state index is 12.6. The number of rotatable bonds is 4. The molecule has 3 rings (SSSR count). The van der Waals surface area contributed by atoms with E-state index < -0.39 is 12.1 Å². The van der Waals surface area contributed by atoms with Crippen molar-refractivity contribution in [2.24, 2.45) is 5.92 Å². The number of likely N-dealkylation sites (tertiary alicyclic amines) is 1. The van der Waals surface area contributed by atoms with Crippen LogP contribution in [0, 0.1) is 5.92 Å². The topological polar surface area (TPSA) is 108 Å². The standard InChI is InChI=1S/C20H28ClN3O3.C2HF3O2/c1-20(9-2-10-22-14-20)23-18(25)16-7-11-24(12-8-16)19(26)27-13-15-3-5-17(21)6-4-15;3-2(4,5)1(6)7/h3-6,16,22H,2,7-14H2,1H3,(H,23,25);(H,6,7). The number of carbonyl (C=O) groups excluding carboxylic acids is 2. The largest absolute Gasteiger partial charge is 0.490 e. The molecule has 12 heteroatoms. The van der Waals surface area contributed by atoms with Crippen molar-refractivity contribution in [3.63, 3.8) is 0 Å². The number of amides is 2. The predicted molar refractivity (Wildman–Crippen MR) is 118 cm³/mol. The summed E-state index contributed by atoms with van der Waals surface area (Å²) >= 11 is 5.85. The lowest BCUT2D eigenvalue weighted by Gasteiger charge is -2.37. The lowest BCUT2D eigenvalue weighted by molar-refractivity contribution is -0.192. The zero-order valence-electron chi connectivity index (χ0n) is 18.8. The first-order valence-corrected chi connectivity index (χ1v) is 11.3. The first kappa shape index (κ1) is 27.7. The Kier molecular flexibility index (Phi) is 9.99. The van der Waals surface area contributed by atoms with E-state index in [-0.39, 0.29) is 30.1 Å². The van der Waals surface area contributed by atoms with Gasteiger partial charge in [-0.05, 0) is 56.8 Å². The molecule has 34 heavy (non-hydrogen) atoms. The normalized spacial score (nSPS) is 21.1. The number of carbonyl (C=O) groups is 3. The molecule has 190 valence electrons. The molecule has 1 unspecified atom stereocenters. The summed E-state index contributed by atoms with van der Waals surface area (Å²) in [6, 6.07) is 7.23. The van der Waals surface area contributed by atoms with Gasteiger partial charge in [0.05, 0.1) is 0 Å². The quantitative estimate of drug-likeness (QED) is 0.575. The highest BCUT2D eigenvalue weighted by atomic mass is 35.5. The first-order chi connectivity index (χ1) is 15.9. The number of hydrogen-bond donors (Lipinski definition) is 3. The molecule has 2 saturated heterocycles. The van der Waals surface area contributed by atoms with E-state index in [0.29, 0.717) is 31.0 Å². The molecule has 0 aromatic heterocycles. The van der Waals surface area contributed by atoms with Gasteiger partial charge in [0, 0.05) is 36.1 Å². The van der Waals surface area contributed by atoms with Gasteiger partial charge in [-0.3, -0.25) is 4.79 Å². The summed E-state index contributed by atoms with van der Waals surface area (Å²) in [4.78, 5) is 35.4. The third-order valence-electron chi connectivity index (χ3n) is 5.66. The van der Waals surface area contributed by atoms with E-state index in [4.69, 9.17) is 26.2 Å². The van der Waals surface area contributed by atoms with Crippen molar-refractivity contribution in [2.45, 2.75) is 50.9 Å². The summed E-state index contributed by atoms with van der Waals surface area (Å²) in [6.45, 7) is 5.25. The molecule has 2 aliphatic heterocycles. The maximum Gasteiger partial charge on any atom is 0.490 e. The van der Waals surface area contributed by atoms with E-state index in [0.717, 1.165) is 31.5 Å². The Hall–Kier alpha value is -2.53. The van der Waals surface area contributed by atoms with Crippen molar-refractivity contribution in [2.75, 3.05) is 26.2 Å². The molecule has 2 heterocycles. The number of nitrogens with zero attached hydrogens (tertiary/aromatic N) is 1. The van der Waals surface area contributed by atoms with Crippen molar-refractivity contribution < 1.29 is 37.4 Å². The van der Waals surface area contributed by atoms with Crippen molar-refractivity contribution in [1.29, 1.82) is 0 Å². The van der Waals surface area contributed by atoms with E-state index >= 15 is 0 Å². The Morgan fingerprint density at radius 1 is 1.24 bits per heavy atom. The van der Waals surface area contributed by atoms with Crippen molar-refractivity contribution in [1.82, 2.24) is 15.5 Å². The Balaban J connectivity index is 0.000000509. The van der Waals surface area contributed by atoms with Gasteiger partial charge in [0.2, 0.25) is 5.91 Å². The molecule has 0 aliphatic carbocycles. The average Bonchev–Trinajstić information content (AvgIpc) is 2.78. The lowest BCUT2D eigenvalue weighted by atomic mass is 9.89. The monoisotopic (exact) mass is 507 g/mol. The SMILES string of the molecule is CC1(NC(=O)C2CCN(C(=O)OCc3ccc(Cl)cc3)CC2)CCCNC1.O=C(O)C(F)(F)F. The van der Waals surface area contributed by atoms with E-state index in [1.807, 2.05) is 12.1 Å². The third-order valence-corrected chi connectivity index (χ3v) is 5.92. The van der Waals surface area contributed by atoms with Crippen LogP contribution < -0.4 is 10.6 Å². The van der Waals surface area contributed by atoms with Gasteiger partial charge in [0.25, 0.3) is 0 Å². The van der Waals surface area contributed by atoms with Crippen LogP contribution in [-0.4, -0.2) is 65.9 Å². The predicted octanol–water partition coefficient (Wildman–Crippen LogP) is 3.58. The second kappa shape index (κ2) is 12.3. The minimum absolute atomic E-state index is 0.0379. The molecule has 1 aromatic rings. The highest BCUT2D eigenvalue weighted by Crippen LogP contribution is 2.22. The van der Waals surface area contributed by atoms with Crippen LogP contribution in [0.25, 0.3) is 0 Å². The number of ether oxygens (including phenoxy) is 1. The molecule has 0 bridgehead atoms. The number of nitrogens with one attached hydrogen (secondary N) is 2. The number of piperidine rings is 2. The van der Waals surface area contributed by atoms with Crippen LogP contribution in [0.5, 0.6) is 0 Å². The van der Waals surface area contributed by atoms with Crippen LogP contribution in [0.3, 0.4) is 0 Å². The number of carboxylic acids is 1. The van der Waals surface area contributed by atoms with Gasteiger partial charge in [-0.15, -0.1) is 0 Å². The summed E-state index contributed by atoms with van der Waals surface area (Å²) in [6.07, 6.45) is -1.99. The summed E-state index contributed by atoms with van der Waals surface area (Å²) in [7, 11) is 0. The van der Waals surface area contributed by atoms with Gasteiger partial charge in [0.1, 0.15) is 6.61 Å². The molecule has 2 fully saturated rings. The van der Waals surface area contributed by atoms with E-state index in [9.17, 15) is 22.8 Å². The molecule has 2 amide bonds. The van der Waals surface area contributed by atoms with Crippen LogP contribution >= 0.6 is 11.6 Å². The minimum atomic E-state index is -5.08. The molecular weight excluding hydrogens is 479 g/mol. The maximum absolute atomic E-state index is 12.6. The fourth-order valence-corrected chi connectivity index (χ4v) is 3.83. The Morgan fingerprint density at radius 2 is 1.82 bits per heavy atom. The van der Waals surface area contributed by atoms with Crippen molar-refractivity contribution in [3.05, 3.63) is 34.9 Å². The first-order valence-electron chi connectivity index (χ1n) is 10.9. The van der Waals surface area contributed by atoms with Gasteiger partial charge >= 0.3 is 18.2 Å². The fourth-order valence-electron chi connectivity index (χ4n) is 3.70. The van der Waals surface area contributed by atoms with Gasteiger partial charge in [-0.2, -0.15) is 13.2 Å². The highest BCUT2D eigenvalue weighted by molar-refractivity contribution is 6.30. The number of aliphatic carboxylic acids is 1. The summed E-state index contributed by atoms with van der Waals surface area (Å²) in [5.41, 5.74) is 0.737. The minimum Gasteiger partial charge on any atom is -0.475 e. The number of hydrogen-bond acceptors (Lipinski definition) is 5. The van der Waals surface area contributed by atoms with Crippen LogP contribution in [0.15, 0.2) is 24.3 Å².